The van der Waals surface area contributed by atoms with Gasteiger partial charge in [-0.3, -0.25) is 0 Å². The lowest BCUT2D eigenvalue weighted by Crippen LogP contribution is -2.81. The fourth-order valence-corrected chi connectivity index (χ4v) is 8.11. The van der Waals surface area contributed by atoms with E-state index in [0.29, 0.717) is 12.1 Å². The molecule has 6 aromatic rings. The average Bonchev–Trinajstić information content (AvgIpc) is 3.28. The number of alkyl halides is 9. The zero-order valence-electron chi connectivity index (χ0n) is 33.8. The summed E-state index contributed by atoms with van der Waals surface area (Å²) in [6.07, 6.45) is -27.3. The minimum atomic E-state index is -8.28. The molecule has 73 heavy (non-hydrogen) atoms. The summed E-state index contributed by atoms with van der Waals surface area (Å²) in [5, 5.41) is 0. The Morgan fingerprint density at radius 3 is 0.671 bits per heavy atom. The Balaban J connectivity index is 2.04. The molecule has 6 aromatic carbocycles. The maximum atomic E-state index is 17.1. The first-order chi connectivity index (χ1) is 33.4. The fourth-order valence-electron chi connectivity index (χ4n) is 8.11. The Kier molecular flexibility index (Phi) is 13.7. The summed E-state index contributed by atoms with van der Waals surface area (Å²) >= 11 is 0. The van der Waals surface area contributed by atoms with Crippen LogP contribution in [0.5, 0.6) is 0 Å². The smallest absolute Gasteiger partial charge is 0.207 e. The van der Waals surface area contributed by atoms with Gasteiger partial charge < -0.3 is 0 Å². The van der Waals surface area contributed by atoms with Gasteiger partial charge in [-0.1, -0.05) is 25.3 Å². The second-order valence-electron chi connectivity index (χ2n) is 14.8. The molecule has 0 heterocycles. The molecule has 0 unspecified atom stereocenters. The van der Waals surface area contributed by atoms with Gasteiger partial charge in [0, 0.05) is 0 Å². The van der Waals surface area contributed by atoms with Gasteiger partial charge in [0.05, 0.1) is 16.7 Å². The average molecular weight is 1090 g/mol. The molecule has 0 bridgehead atoms. The van der Waals surface area contributed by atoms with Crippen LogP contribution in [-0.2, 0) is 18.5 Å². The Bertz CT molecular complexity index is 3030. The number of rotatable bonds is 8. The van der Waals surface area contributed by atoms with E-state index in [1.54, 1.807) is 0 Å². The van der Waals surface area contributed by atoms with Crippen molar-refractivity contribution in [2.45, 2.75) is 18.5 Å². The highest BCUT2D eigenvalue weighted by atomic mass is 19.4. The monoisotopic (exact) mass is 1090 g/mol. The minimum absolute atomic E-state index is 0.152. The quantitative estimate of drug-likeness (QED) is 0.0810. The summed E-state index contributed by atoms with van der Waals surface area (Å²) in [4.78, 5) is 0. The topological polar surface area (TPSA) is 0 Å². The number of benzene rings is 6. The highest BCUT2D eigenvalue weighted by Gasteiger charge is 2.56. The van der Waals surface area contributed by atoms with E-state index < -0.39 is 202 Å². The van der Waals surface area contributed by atoms with Crippen LogP contribution in [0.1, 0.15) is 27.8 Å². The van der Waals surface area contributed by atoms with Crippen molar-refractivity contribution in [1.82, 2.24) is 0 Å². The van der Waals surface area contributed by atoms with E-state index in [1.807, 2.05) is 0 Å². The standard InChI is InChI=1S/C43H9BF29/c1-3-8-5-9(4-2)7-10(6-8)11-21(45)23(47)12(24(48)22(11)46)13-25(49)33(57)17(34(58)26(13)50)44(18-35(59)27(51)14(41(65,66)67)28(52)36(18)60,19-37(61)29(53)15(42(68,69)70)30(54)38(19)62)20-39(63)31(55)16(43(71,72)73)32(56)40(20)64/h3-7H,1-2H2/q-1. The van der Waals surface area contributed by atoms with Crippen molar-refractivity contribution < 1.29 is 127 Å². The molecule has 388 valence electrons. The van der Waals surface area contributed by atoms with Crippen LogP contribution in [0.2, 0.25) is 0 Å². The Morgan fingerprint density at radius 1 is 0.274 bits per heavy atom. The van der Waals surface area contributed by atoms with Crippen LogP contribution in [0.25, 0.3) is 34.4 Å². The second kappa shape index (κ2) is 18.1. The van der Waals surface area contributed by atoms with Gasteiger partial charge in [0.2, 0.25) is 0 Å². The maximum Gasteiger partial charge on any atom is 0.422 e. The zero-order valence-corrected chi connectivity index (χ0v) is 33.8. The van der Waals surface area contributed by atoms with Gasteiger partial charge in [-0.05, 0) is 34.9 Å². The van der Waals surface area contributed by atoms with E-state index in [-0.39, 0.29) is 11.1 Å². The third kappa shape index (κ3) is 8.00. The lowest BCUT2D eigenvalue weighted by Gasteiger charge is -2.45. The van der Waals surface area contributed by atoms with Gasteiger partial charge in [-0.15, -0.1) is 21.9 Å². The molecule has 30 heteroatoms. The molecule has 0 nitrogen and oxygen atoms in total. The molecular formula is C43H9BF29-. The van der Waals surface area contributed by atoms with E-state index in [2.05, 4.69) is 13.2 Å². The van der Waals surface area contributed by atoms with Crippen LogP contribution in [-0.4, -0.2) is 6.15 Å². The van der Waals surface area contributed by atoms with Gasteiger partial charge in [0.15, 0.2) is 69.8 Å². The summed E-state index contributed by atoms with van der Waals surface area (Å²) in [7, 11) is 0. The van der Waals surface area contributed by atoms with E-state index in [1.165, 1.54) is 0 Å². The lowest BCUT2D eigenvalue weighted by atomic mass is 9.12. The van der Waals surface area contributed by atoms with E-state index in [4.69, 9.17) is 0 Å². The number of halogens is 29. The summed E-state index contributed by atoms with van der Waals surface area (Å²) in [6, 6.07) is 2.50. The van der Waals surface area contributed by atoms with Gasteiger partial charge in [0.25, 0.3) is 0 Å². The Labute approximate surface area is 383 Å². The highest BCUT2D eigenvalue weighted by molar-refractivity contribution is 7.20. The number of hydrogen-bond donors (Lipinski definition) is 0. The molecule has 0 aliphatic heterocycles. The molecule has 0 atom stereocenters. The highest BCUT2D eigenvalue weighted by Crippen LogP contribution is 2.44. The predicted octanol–water partition coefficient (Wildman–Crippen LogP) is 13.5. The van der Waals surface area contributed by atoms with Crippen molar-refractivity contribution in [2.75, 3.05) is 0 Å². The normalized spacial score (nSPS) is 12.6. The minimum Gasteiger partial charge on any atom is -0.207 e. The predicted molar refractivity (Wildman–Crippen MR) is 195 cm³/mol. The molecule has 0 aliphatic rings. The van der Waals surface area contributed by atoms with Gasteiger partial charge in [0.1, 0.15) is 69.4 Å². The Hall–Kier alpha value is -7.17. The third-order valence-electron chi connectivity index (χ3n) is 11.0. The molecule has 0 saturated carbocycles. The molecule has 0 radical (unpaired) electrons. The molecular weight excluding hydrogens is 1080 g/mol. The van der Waals surface area contributed by atoms with Crippen LogP contribution in [0, 0.1) is 116 Å². The lowest BCUT2D eigenvalue weighted by molar-refractivity contribution is -0.144. The summed E-state index contributed by atoms with van der Waals surface area (Å²) < 4.78 is 447. The molecule has 0 N–H and O–H groups in total. The van der Waals surface area contributed by atoms with Gasteiger partial charge >= 0.3 is 18.5 Å². The van der Waals surface area contributed by atoms with Crippen LogP contribution < -0.4 is 21.9 Å². The molecule has 0 amide bonds. The molecule has 0 fully saturated rings. The van der Waals surface area contributed by atoms with Crippen molar-refractivity contribution in [3.05, 3.63) is 176 Å². The van der Waals surface area contributed by atoms with Crippen LogP contribution >= 0.6 is 0 Å². The van der Waals surface area contributed by atoms with Crippen LogP contribution in [0.3, 0.4) is 0 Å². The van der Waals surface area contributed by atoms with Crippen molar-refractivity contribution in [1.29, 1.82) is 0 Å². The van der Waals surface area contributed by atoms with Gasteiger partial charge in [-0.25, -0.2) is 87.8 Å². The van der Waals surface area contributed by atoms with Crippen molar-refractivity contribution >= 4 is 40.1 Å². The van der Waals surface area contributed by atoms with Crippen molar-refractivity contribution in [3.8, 4) is 22.3 Å². The molecule has 0 spiro atoms. The van der Waals surface area contributed by atoms with E-state index in [9.17, 15) is 39.5 Å². The zero-order chi connectivity index (χ0) is 55.6. The summed E-state index contributed by atoms with van der Waals surface area (Å²) in [6.45, 7) is 6.59. The van der Waals surface area contributed by atoms with Crippen molar-refractivity contribution in [2.24, 2.45) is 0 Å². The second-order valence-corrected chi connectivity index (χ2v) is 14.8. The van der Waals surface area contributed by atoms with Crippen LogP contribution in [0.4, 0.5) is 127 Å². The first kappa shape index (κ1) is 55.2. The largest absolute Gasteiger partial charge is 0.422 e. The van der Waals surface area contributed by atoms with Gasteiger partial charge in [-0.2, -0.15) is 39.5 Å². The SMILES string of the molecule is C=Cc1cc(C=C)cc(-c2c(F)c(F)c(-c3c(F)c(F)c([B-](c4c(F)c(F)c(C(F)(F)F)c(F)c4F)(c4c(F)c(F)c(C(F)(F)F)c(F)c4F)c4c(F)c(F)c(C(F)(F)F)c(F)c4F)c(F)c3F)c(F)c2F)c1. The summed E-state index contributed by atoms with van der Waals surface area (Å²) in [5.74, 6) is -81.7. The first-order valence-corrected chi connectivity index (χ1v) is 18.5. The molecule has 0 aliphatic carbocycles. The summed E-state index contributed by atoms with van der Waals surface area (Å²) in [5.41, 5.74) is -39.1. The molecule has 0 aromatic heterocycles. The van der Waals surface area contributed by atoms with E-state index in [0.717, 1.165) is 18.2 Å². The fraction of sp³-hybridized carbons (Fsp3) is 0.0698. The number of hydrogen-bond acceptors (Lipinski definition) is 0. The third-order valence-corrected chi connectivity index (χ3v) is 11.0. The first-order valence-electron chi connectivity index (χ1n) is 18.5. The van der Waals surface area contributed by atoms with Crippen LogP contribution in [0.15, 0.2) is 31.4 Å². The molecule has 6 rings (SSSR count). The molecule has 0 saturated heterocycles. The Morgan fingerprint density at radius 2 is 0.466 bits per heavy atom. The van der Waals surface area contributed by atoms with E-state index >= 15 is 87.8 Å². The van der Waals surface area contributed by atoms with Crippen molar-refractivity contribution in [3.63, 3.8) is 0 Å². The maximum absolute atomic E-state index is 17.1.